The number of carbonyl (C=O) groups excluding carboxylic acids is 10. The molecule has 6 N–H and O–H groups in total. The molecule has 0 radical (unpaired) electrons. The number of allylic oxidation sites excluding steroid dienone is 4. The van der Waals surface area contributed by atoms with Crippen LogP contribution in [0.1, 0.15) is 107 Å². The van der Waals surface area contributed by atoms with Crippen molar-refractivity contribution in [3.63, 3.8) is 0 Å². The number of likely N-dealkylation sites (N-methyl/N-ethyl adjacent to an activating group) is 5. The number of carbonyl (C=O) groups is 10. The highest BCUT2D eigenvalue weighted by atomic mass is 16.3. The summed E-state index contributed by atoms with van der Waals surface area (Å²) in [5.74, 6) is -6.70. The molecule has 0 aromatic heterocycles. The van der Waals surface area contributed by atoms with Gasteiger partial charge in [0, 0.05) is 67.2 Å². The average Bonchev–Trinajstić information content (AvgIpc) is 3.40. The van der Waals surface area contributed by atoms with Crippen molar-refractivity contribution in [2.45, 2.75) is 157 Å². The summed E-state index contributed by atoms with van der Waals surface area (Å²) in [6.07, 6.45) is 7.85. The van der Waals surface area contributed by atoms with Crippen molar-refractivity contribution in [1.29, 1.82) is 0 Å². The van der Waals surface area contributed by atoms with E-state index in [9.17, 15) is 53.1 Å². The normalized spacial score (nSPS) is 16.3. The molecule has 1 saturated heterocycles. The monoisotopic (exact) mass is 1110 g/mol. The molecule has 1 aliphatic rings. The third-order valence-corrected chi connectivity index (χ3v) is 14.0. The lowest BCUT2D eigenvalue weighted by Gasteiger charge is -2.41. The molecule has 6 unspecified atom stereocenters. The Morgan fingerprint density at radius 1 is 0.759 bits per heavy atom. The van der Waals surface area contributed by atoms with Crippen molar-refractivity contribution in [3.05, 3.63) is 71.5 Å². The van der Waals surface area contributed by atoms with E-state index in [-0.39, 0.29) is 74.2 Å². The average molecular weight is 1110 g/mol. The first-order valence-corrected chi connectivity index (χ1v) is 27.2. The number of nitrogens with one attached hydrogen (secondary N) is 5. The summed E-state index contributed by atoms with van der Waals surface area (Å²) in [5, 5.41) is 22.7. The van der Waals surface area contributed by atoms with Gasteiger partial charge in [-0.05, 0) is 77.2 Å². The van der Waals surface area contributed by atoms with Crippen molar-refractivity contribution < 1.29 is 53.1 Å². The highest BCUT2D eigenvalue weighted by molar-refractivity contribution is 6.02. The fourth-order valence-corrected chi connectivity index (χ4v) is 9.00. The van der Waals surface area contributed by atoms with Crippen LogP contribution in [0.4, 0.5) is 0 Å². The van der Waals surface area contributed by atoms with E-state index in [1.54, 1.807) is 76.9 Å². The van der Waals surface area contributed by atoms with Crippen LogP contribution in [0.2, 0.25) is 0 Å². The molecular formula is C57H91N11O11. The SMILES string of the molecule is C/C=C\C=C(/C)CC(C(=O)N/C(=C/C(C)C)C(=O)N(C)C(CO)C(=O)N1NCCC[C@@H]1C(=O)N(C)C(Cc1ccccc1)C(=O)NC(C(=O)N(C)C(C)C)C(C)C)N(C)C(=O)C(C)NC(=O)C(C(C)C)N(C)C(=O)CCNC=O. The van der Waals surface area contributed by atoms with Crippen molar-refractivity contribution >= 4 is 59.6 Å². The Hall–Kier alpha value is -6.94. The standard InChI is InChI=1S/C57H91N11O11/c1-17-18-23-39(10)31-44(64(13)53(75)40(11)60-52(74)49(37(6)7)67(16)47(71)27-29-58-34-70)50(72)61-42(30-35(2)3)54(76)66(15)46(33-69)56(78)68-43(26-22-28-59-68)55(77)65(14)45(32-41-24-20-19-21-25-41)51(73)62-48(36(4)5)57(79)63(12)38(8)9/h17-21,23-25,30,34-38,40,43-46,48-49,59,69H,22,26-29,31-33H2,1-16H3,(H,58,70)(H,60,74)(H,61,72)(H,62,73)/b18-17-,39-23+,42-30+/t40?,43-,44?,45?,46?,48?,49?/m1/s1. The molecule has 0 saturated carbocycles. The minimum atomic E-state index is -1.60. The van der Waals surface area contributed by atoms with Gasteiger partial charge in [-0.25, -0.2) is 5.43 Å². The van der Waals surface area contributed by atoms with Crippen LogP contribution in [-0.4, -0.2) is 197 Å². The van der Waals surface area contributed by atoms with Gasteiger partial charge in [-0.15, -0.1) is 0 Å². The largest absolute Gasteiger partial charge is 0.394 e. The summed E-state index contributed by atoms with van der Waals surface area (Å²) in [5.41, 5.74) is 4.14. The Labute approximate surface area is 468 Å². The van der Waals surface area contributed by atoms with Crippen LogP contribution < -0.4 is 26.7 Å². The zero-order chi connectivity index (χ0) is 60.0. The molecule has 1 aromatic carbocycles. The maximum absolute atomic E-state index is 14.8. The number of amides is 10. The fourth-order valence-electron chi connectivity index (χ4n) is 9.00. The molecule has 22 heteroatoms. The zero-order valence-electron chi connectivity index (χ0n) is 49.5. The van der Waals surface area contributed by atoms with Crippen LogP contribution >= 0.6 is 0 Å². The quantitative estimate of drug-likeness (QED) is 0.0291. The van der Waals surface area contributed by atoms with Crippen LogP contribution in [0.3, 0.4) is 0 Å². The van der Waals surface area contributed by atoms with Crippen molar-refractivity contribution in [2.24, 2.45) is 17.8 Å². The van der Waals surface area contributed by atoms with E-state index in [0.717, 1.165) is 20.4 Å². The summed E-state index contributed by atoms with van der Waals surface area (Å²) in [6, 6.07) is 0.639. The summed E-state index contributed by atoms with van der Waals surface area (Å²) in [6.45, 7) is 18.8. The second kappa shape index (κ2) is 32.8. The lowest BCUT2D eigenvalue weighted by Crippen LogP contribution is -2.65. The molecule has 79 heavy (non-hydrogen) atoms. The van der Waals surface area contributed by atoms with Gasteiger partial charge in [0.15, 0.2) is 0 Å². The van der Waals surface area contributed by atoms with E-state index in [0.29, 0.717) is 18.4 Å². The van der Waals surface area contributed by atoms with Crippen molar-refractivity contribution in [2.75, 3.05) is 54.9 Å². The van der Waals surface area contributed by atoms with Gasteiger partial charge in [0.2, 0.25) is 47.8 Å². The lowest BCUT2D eigenvalue weighted by molar-refractivity contribution is -0.159. The molecule has 10 amide bonds. The summed E-state index contributed by atoms with van der Waals surface area (Å²) in [7, 11) is 7.25. The number of aliphatic hydroxyl groups is 1. The number of aliphatic hydroxyl groups excluding tert-OH is 1. The van der Waals surface area contributed by atoms with Crippen LogP contribution in [0.15, 0.2) is 65.9 Å². The van der Waals surface area contributed by atoms with Crippen LogP contribution in [0, 0.1) is 17.8 Å². The van der Waals surface area contributed by atoms with Crippen molar-refractivity contribution in [3.8, 4) is 0 Å². The maximum atomic E-state index is 14.8. The highest BCUT2D eigenvalue weighted by Gasteiger charge is 2.43. The molecule has 7 atom stereocenters. The van der Waals surface area contributed by atoms with E-state index >= 15 is 0 Å². The van der Waals surface area contributed by atoms with E-state index in [1.807, 2.05) is 52.8 Å². The molecule has 1 heterocycles. The number of hydrogen-bond acceptors (Lipinski definition) is 12. The first-order valence-electron chi connectivity index (χ1n) is 27.2. The molecule has 1 aliphatic heterocycles. The van der Waals surface area contributed by atoms with Gasteiger partial charge in [0.05, 0.1) is 6.61 Å². The Morgan fingerprint density at radius 3 is 1.94 bits per heavy atom. The Balaban J connectivity index is 2.52. The summed E-state index contributed by atoms with van der Waals surface area (Å²) < 4.78 is 0. The molecule has 0 bridgehead atoms. The number of benzene rings is 1. The van der Waals surface area contributed by atoms with E-state index in [1.165, 1.54) is 51.0 Å². The van der Waals surface area contributed by atoms with Crippen molar-refractivity contribution in [1.82, 2.24) is 56.2 Å². The number of hydrazine groups is 1. The molecule has 0 spiro atoms. The number of nitrogens with zero attached hydrogens (tertiary/aromatic N) is 6. The predicted molar refractivity (Wildman–Crippen MR) is 301 cm³/mol. The van der Waals surface area contributed by atoms with E-state index in [2.05, 4.69) is 26.7 Å². The van der Waals surface area contributed by atoms with Crippen LogP contribution in [0.25, 0.3) is 0 Å². The molecule has 1 aromatic rings. The van der Waals surface area contributed by atoms with Gasteiger partial charge in [-0.3, -0.25) is 53.0 Å². The van der Waals surface area contributed by atoms with Gasteiger partial charge in [0.25, 0.3) is 11.8 Å². The van der Waals surface area contributed by atoms with Gasteiger partial charge < -0.3 is 50.9 Å². The second-order valence-corrected chi connectivity index (χ2v) is 21.6. The Kier molecular flexibility index (Phi) is 28.3. The summed E-state index contributed by atoms with van der Waals surface area (Å²) in [4.78, 5) is 144. The Bertz CT molecular complexity index is 2350. The van der Waals surface area contributed by atoms with Crippen LogP contribution in [-0.2, 0) is 54.4 Å². The van der Waals surface area contributed by atoms with Crippen LogP contribution in [0.5, 0.6) is 0 Å². The van der Waals surface area contributed by atoms with E-state index in [4.69, 9.17) is 0 Å². The minimum Gasteiger partial charge on any atom is -0.394 e. The lowest BCUT2D eigenvalue weighted by atomic mass is 9.98. The highest BCUT2D eigenvalue weighted by Crippen LogP contribution is 2.22. The number of hydrogen-bond donors (Lipinski definition) is 6. The topological polar surface area (TPSA) is 271 Å². The Morgan fingerprint density at radius 2 is 1.39 bits per heavy atom. The second-order valence-electron chi connectivity index (χ2n) is 21.6. The first-order chi connectivity index (χ1) is 37.1. The van der Waals surface area contributed by atoms with E-state index < -0.39 is 96.2 Å². The zero-order valence-corrected chi connectivity index (χ0v) is 49.5. The molecule has 1 fully saturated rings. The number of rotatable bonds is 29. The first kappa shape index (κ1) is 68.2. The smallest absolute Gasteiger partial charge is 0.270 e. The van der Waals surface area contributed by atoms with Gasteiger partial charge in [0.1, 0.15) is 48.0 Å². The predicted octanol–water partition coefficient (Wildman–Crippen LogP) is 1.90. The third kappa shape index (κ3) is 19.7. The molecule has 2 rings (SSSR count). The minimum absolute atomic E-state index is 0.0131. The fraction of sp³-hybridized carbons (Fsp3) is 0.614. The molecule has 440 valence electrons. The maximum Gasteiger partial charge on any atom is 0.270 e. The van der Waals surface area contributed by atoms with Gasteiger partial charge in [-0.1, -0.05) is 102 Å². The molecule has 0 aliphatic carbocycles. The summed E-state index contributed by atoms with van der Waals surface area (Å²) >= 11 is 0. The van der Waals surface area contributed by atoms with Gasteiger partial charge >= 0.3 is 0 Å². The molecule has 22 nitrogen and oxygen atoms in total. The van der Waals surface area contributed by atoms with Gasteiger partial charge in [-0.2, -0.15) is 0 Å². The molecular weight excluding hydrogens is 1010 g/mol. The third-order valence-electron chi connectivity index (χ3n) is 14.0.